The number of anilines is 2. The Morgan fingerprint density at radius 1 is 0.792 bits per heavy atom. The van der Waals surface area contributed by atoms with Crippen LogP contribution in [0, 0.1) is 0 Å². The zero-order chi connectivity index (χ0) is 16.4. The molecule has 132 valence electrons. The van der Waals surface area contributed by atoms with E-state index in [4.69, 9.17) is 5.73 Å². The van der Waals surface area contributed by atoms with Gasteiger partial charge in [0.2, 0.25) is 0 Å². The highest BCUT2D eigenvalue weighted by atomic mass is 15.3. The van der Waals surface area contributed by atoms with E-state index in [1.807, 2.05) is 12.1 Å². The molecular weight excluding hydrogens is 294 g/mol. The van der Waals surface area contributed by atoms with Crippen LogP contribution < -0.4 is 11.1 Å². The van der Waals surface area contributed by atoms with Crippen LogP contribution >= 0.6 is 0 Å². The predicted molar refractivity (Wildman–Crippen MR) is 102 cm³/mol. The van der Waals surface area contributed by atoms with Crippen LogP contribution in [-0.4, -0.2) is 29.1 Å². The molecule has 0 aromatic heterocycles. The minimum atomic E-state index is 0.594. The molecule has 2 aliphatic heterocycles. The lowest BCUT2D eigenvalue weighted by molar-refractivity contribution is 0.0662. The van der Waals surface area contributed by atoms with Crippen LogP contribution in [0.15, 0.2) is 24.3 Å². The molecule has 1 unspecified atom stereocenters. The van der Waals surface area contributed by atoms with Gasteiger partial charge in [0.05, 0.1) is 11.4 Å². The molecule has 3 heteroatoms. The molecule has 2 saturated heterocycles. The molecule has 1 aromatic carbocycles. The minimum Gasteiger partial charge on any atom is -0.397 e. The first kappa shape index (κ1) is 16.3. The van der Waals surface area contributed by atoms with Crippen molar-refractivity contribution in [2.24, 2.45) is 0 Å². The lowest BCUT2D eigenvalue weighted by Crippen LogP contribution is -2.51. The number of hydrogen-bond acceptors (Lipinski definition) is 3. The smallest absolute Gasteiger partial charge is 0.0576 e. The lowest BCUT2D eigenvalue weighted by Gasteiger charge is -2.44. The Kier molecular flexibility index (Phi) is 4.98. The molecule has 0 radical (unpaired) electrons. The van der Waals surface area contributed by atoms with Crippen LogP contribution in [-0.2, 0) is 0 Å². The highest BCUT2D eigenvalue weighted by Crippen LogP contribution is 2.41. The van der Waals surface area contributed by atoms with Gasteiger partial charge in [0.25, 0.3) is 0 Å². The summed E-state index contributed by atoms with van der Waals surface area (Å²) in [6, 6.07) is 11.3. The number of fused-ring (bicyclic) bond motifs is 2. The third-order valence-electron chi connectivity index (χ3n) is 6.61. The van der Waals surface area contributed by atoms with Crippen LogP contribution in [0.5, 0.6) is 0 Å². The summed E-state index contributed by atoms with van der Waals surface area (Å²) in [5, 5.41) is 3.74. The normalized spacial score (nSPS) is 32.2. The number of nitrogens with zero attached hydrogens (tertiary/aromatic N) is 1. The summed E-state index contributed by atoms with van der Waals surface area (Å²) in [4.78, 5) is 2.96. The van der Waals surface area contributed by atoms with Gasteiger partial charge in [-0.25, -0.2) is 0 Å². The summed E-state index contributed by atoms with van der Waals surface area (Å²) in [6.45, 7) is 0. The van der Waals surface area contributed by atoms with Crippen molar-refractivity contribution >= 4 is 11.4 Å². The highest BCUT2D eigenvalue weighted by Gasteiger charge is 2.43. The van der Waals surface area contributed by atoms with Crippen molar-refractivity contribution in [1.29, 1.82) is 0 Å². The molecule has 0 spiro atoms. The fraction of sp³-hybridized carbons (Fsp3) is 0.714. The van der Waals surface area contributed by atoms with Crippen molar-refractivity contribution < 1.29 is 0 Å². The Bertz CT molecular complexity index is 522. The van der Waals surface area contributed by atoms with E-state index in [1.54, 1.807) is 0 Å². The van der Waals surface area contributed by atoms with Gasteiger partial charge in [-0.2, -0.15) is 0 Å². The van der Waals surface area contributed by atoms with Crippen molar-refractivity contribution in [2.75, 3.05) is 11.1 Å². The molecule has 2 heterocycles. The van der Waals surface area contributed by atoms with Gasteiger partial charge in [-0.1, -0.05) is 44.2 Å². The Balaban J connectivity index is 1.41. The van der Waals surface area contributed by atoms with E-state index in [0.717, 1.165) is 29.5 Å². The van der Waals surface area contributed by atoms with Gasteiger partial charge in [-0.15, -0.1) is 0 Å². The van der Waals surface area contributed by atoms with E-state index in [-0.39, 0.29) is 0 Å². The van der Waals surface area contributed by atoms with E-state index in [1.165, 1.54) is 70.6 Å². The Morgan fingerprint density at radius 2 is 1.42 bits per heavy atom. The third kappa shape index (κ3) is 3.42. The van der Waals surface area contributed by atoms with Crippen LogP contribution in [0.3, 0.4) is 0 Å². The summed E-state index contributed by atoms with van der Waals surface area (Å²) >= 11 is 0. The van der Waals surface area contributed by atoms with Crippen LogP contribution in [0.2, 0.25) is 0 Å². The molecule has 3 aliphatic rings. The first-order chi connectivity index (χ1) is 11.8. The predicted octanol–water partition coefficient (Wildman–Crippen LogP) is 4.79. The molecule has 1 saturated carbocycles. The summed E-state index contributed by atoms with van der Waals surface area (Å²) in [6.07, 6.45) is 15.5. The second kappa shape index (κ2) is 7.35. The Hall–Kier alpha value is -1.22. The maximum Gasteiger partial charge on any atom is 0.0576 e. The van der Waals surface area contributed by atoms with Crippen molar-refractivity contribution in [3.8, 4) is 0 Å². The number of piperidine rings is 1. The molecule has 3 nitrogen and oxygen atoms in total. The van der Waals surface area contributed by atoms with Crippen molar-refractivity contribution in [1.82, 2.24) is 4.90 Å². The fourth-order valence-electron chi connectivity index (χ4n) is 5.51. The maximum absolute atomic E-state index is 6.13. The molecular formula is C21H33N3. The minimum absolute atomic E-state index is 0.594. The Morgan fingerprint density at radius 3 is 2.08 bits per heavy atom. The zero-order valence-corrected chi connectivity index (χ0v) is 14.9. The molecule has 3 atom stereocenters. The number of rotatable bonds is 3. The highest BCUT2D eigenvalue weighted by molar-refractivity contribution is 5.66. The SMILES string of the molecule is Nc1ccccc1N[C@H]1CC2CC[C@@H](C1)N2C1CCCCCCC1. The van der Waals surface area contributed by atoms with E-state index < -0.39 is 0 Å². The van der Waals surface area contributed by atoms with Gasteiger partial charge in [0, 0.05) is 24.2 Å². The molecule has 24 heavy (non-hydrogen) atoms. The second-order valence-corrected chi connectivity index (χ2v) is 8.23. The van der Waals surface area contributed by atoms with Gasteiger partial charge in [-0.3, -0.25) is 4.90 Å². The van der Waals surface area contributed by atoms with Gasteiger partial charge in [-0.05, 0) is 50.7 Å². The topological polar surface area (TPSA) is 41.3 Å². The molecule has 4 rings (SSSR count). The number of nitrogen functional groups attached to an aromatic ring is 1. The first-order valence-corrected chi connectivity index (χ1v) is 10.2. The van der Waals surface area contributed by atoms with Crippen molar-refractivity contribution in [3.05, 3.63) is 24.3 Å². The van der Waals surface area contributed by atoms with Crippen LogP contribution in [0.4, 0.5) is 11.4 Å². The molecule has 3 N–H and O–H groups in total. The first-order valence-electron chi connectivity index (χ1n) is 10.2. The average molecular weight is 328 g/mol. The van der Waals surface area contributed by atoms with E-state index >= 15 is 0 Å². The number of benzene rings is 1. The summed E-state index contributed by atoms with van der Waals surface area (Å²) in [5.74, 6) is 0. The van der Waals surface area contributed by atoms with Gasteiger partial charge in [0.15, 0.2) is 0 Å². The standard InChI is InChI=1S/C21H33N3/c22-20-10-6-7-11-21(20)23-16-14-18-12-13-19(15-16)24(18)17-8-4-2-1-3-5-9-17/h6-7,10-11,16-19,23H,1-5,8-9,12-15,22H2/t16-,18+,19?/m1/s1. The van der Waals surface area contributed by atoms with E-state index in [0.29, 0.717) is 6.04 Å². The third-order valence-corrected chi connectivity index (χ3v) is 6.61. The van der Waals surface area contributed by atoms with Crippen molar-refractivity contribution in [3.63, 3.8) is 0 Å². The second-order valence-electron chi connectivity index (χ2n) is 8.23. The largest absolute Gasteiger partial charge is 0.397 e. The number of nitrogens with two attached hydrogens (primary N) is 1. The fourth-order valence-corrected chi connectivity index (χ4v) is 5.51. The van der Waals surface area contributed by atoms with Gasteiger partial charge >= 0.3 is 0 Å². The number of para-hydroxylation sites is 2. The lowest BCUT2D eigenvalue weighted by atomic mass is 9.90. The van der Waals surface area contributed by atoms with Gasteiger partial charge < -0.3 is 11.1 Å². The number of nitrogens with one attached hydrogen (secondary N) is 1. The van der Waals surface area contributed by atoms with E-state index in [2.05, 4.69) is 22.3 Å². The maximum atomic E-state index is 6.13. The monoisotopic (exact) mass is 327 g/mol. The molecule has 3 fully saturated rings. The number of hydrogen-bond donors (Lipinski definition) is 2. The quantitative estimate of drug-likeness (QED) is 0.784. The summed E-state index contributed by atoms with van der Waals surface area (Å²) < 4.78 is 0. The average Bonchev–Trinajstić information content (AvgIpc) is 2.81. The zero-order valence-electron chi connectivity index (χ0n) is 14.9. The van der Waals surface area contributed by atoms with E-state index in [9.17, 15) is 0 Å². The van der Waals surface area contributed by atoms with Crippen molar-refractivity contribution in [2.45, 2.75) is 94.8 Å². The molecule has 1 aromatic rings. The molecule has 0 amide bonds. The van der Waals surface area contributed by atoms with Crippen LogP contribution in [0.1, 0.15) is 70.6 Å². The Labute approximate surface area is 147 Å². The summed E-state index contributed by atoms with van der Waals surface area (Å²) in [7, 11) is 0. The van der Waals surface area contributed by atoms with Crippen LogP contribution in [0.25, 0.3) is 0 Å². The van der Waals surface area contributed by atoms with Gasteiger partial charge in [0.1, 0.15) is 0 Å². The summed E-state index contributed by atoms with van der Waals surface area (Å²) in [5.41, 5.74) is 8.13. The molecule has 1 aliphatic carbocycles. The molecule has 2 bridgehead atoms.